The fourth-order valence-corrected chi connectivity index (χ4v) is 3.01. The van der Waals surface area contributed by atoms with Gasteiger partial charge in [0.2, 0.25) is 5.91 Å². The van der Waals surface area contributed by atoms with Crippen LogP contribution in [0.3, 0.4) is 0 Å². The largest absolute Gasteiger partial charge is 0.322 e. The number of rotatable bonds is 4. The number of carbonyl (C=O) groups is 1. The van der Waals surface area contributed by atoms with Crippen molar-refractivity contribution in [1.29, 1.82) is 0 Å². The van der Waals surface area contributed by atoms with E-state index in [9.17, 15) is 14.9 Å². The molecule has 3 rings (SSSR count). The van der Waals surface area contributed by atoms with E-state index in [0.717, 1.165) is 20.8 Å². The number of hydrogen-bond donors (Lipinski definition) is 1. The molecule has 1 N–H and O–H groups in total. The van der Waals surface area contributed by atoms with Gasteiger partial charge in [0, 0.05) is 18.2 Å². The molecule has 0 saturated heterocycles. The molecule has 0 atom stereocenters. The first-order valence-electron chi connectivity index (χ1n) is 7.12. The SMILES string of the molecule is Cc1ccc([N+](=O)[O-])cc1NC(=O)C=Cc1nc2ccccc2s1. The number of thiazole rings is 1. The molecule has 0 aliphatic carbocycles. The first kappa shape index (κ1) is 15.8. The Morgan fingerprint density at radius 1 is 1.29 bits per heavy atom. The van der Waals surface area contributed by atoms with Crippen molar-refractivity contribution >= 4 is 44.9 Å². The minimum Gasteiger partial charge on any atom is -0.322 e. The third kappa shape index (κ3) is 3.47. The van der Waals surface area contributed by atoms with E-state index in [-0.39, 0.29) is 11.6 Å². The Hall–Kier alpha value is -3.06. The Bertz CT molecular complexity index is 930. The number of aryl methyl sites for hydroxylation is 1. The van der Waals surface area contributed by atoms with E-state index in [1.807, 2.05) is 24.3 Å². The predicted octanol–water partition coefficient (Wildman–Crippen LogP) is 4.16. The lowest BCUT2D eigenvalue weighted by Crippen LogP contribution is -2.09. The minimum absolute atomic E-state index is 0.0638. The van der Waals surface area contributed by atoms with Gasteiger partial charge in [0.15, 0.2) is 0 Å². The molecule has 0 bridgehead atoms. The lowest BCUT2D eigenvalue weighted by Gasteiger charge is -2.05. The van der Waals surface area contributed by atoms with Crippen molar-refractivity contribution < 1.29 is 9.72 Å². The Morgan fingerprint density at radius 3 is 2.83 bits per heavy atom. The van der Waals surface area contributed by atoms with Crippen LogP contribution in [0.5, 0.6) is 0 Å². The molecule has 0 saturated carbocycles. The van der Waals surface area contributed by atoms with Gasteiger partial charge in [-0.2, -0.15) is 0 Å². The van der Waals surface area contributed by atoms with Gasteiger partial charge in [-0.25, -0.2) is 4.98 Å². The highest BCUT2D eigenvalue weighted by molar-refractivity contribution is 7.19. The molecule has 0 fully saturated rings. The number of fused-ring (bicyclic) bond motifs is 1. The Balaban J connectivity index is 1.75. The summed E-state index contributed by atoms with van der Waals surface area (Å²) in [5.41, 5.74) is 1.99. The van der Waals surface area contributed by atoms with Crippen LogP contribution in [0.25, 0.3) is 16.3 Å². The second-order valence-corrected chi connectivity index (χ2v) is 6.16. The zero-order chi connectivity index (χ0) is 17.1. The number of anilines is 1. The molecule has 0 spiro atoms. The van der Waals surface area contributed by atoms with Crippen LogP contribution in [0.15, 0.2) is 48.5 Å². The number of non-ortho nitro benzene ring substituents is 1. The van der Waals surface area contributed by atoms with Crippen LogP contribution in [0, 0.1) is 17.0 Å². The average Bonchev–Trinajstić information content (AvgIpc) is 2.97. The number of nitro groups is 1. The molecular formula is C17H13N3O3S. The topological polar surface area (TPSA) is 85.1 Å². The molecule has 0 radical (unpaired) electrons. The summed E-state index contributed by atoms with van der Waals surface area (Å²) in [6, 6.07) is 12.1. The number of amides is 1. The van der Waals surface area contributed by atoms with E-state index in [1.54, 1.807) is 19.1 Å². The zero-order valence-electron chi connectivity index (χ0n) is 12.7. The van der Waals surface area contributed by atoms with Crippen molar-refractivity contribution in [3.05, 3.63) is 69.2 Å². The standard InChI is InChI=1S/C17H13N3O3S/c1-11-6-7-12(20(22)23)10-14(11)18-16(21)8-9-17-19-13-4-2-3-5-15(13)24-17/h2-10H,1H3,(H,18,21). The Labute approximate surface area is 141 Å². The van der Waals surface area contributed by atoms with Crippen molar-refractivity contribution in [2.45, 2.75) is 6.92 Å². The van der Waals surface area contributed by atoms with Crippen LogP contribution in [0.1, 0.15) is 10.6 Å². The second-order valence-electron chi connectivity index (χ2n) is 5.10. The molecule has 120 valence electrons. The lowest BCUT2D eigenvalue weighted by molar-refractivity contribution is -0.384. The maximum atomic E-state index is 12.0. The summed E-state index contributed by atoms with van der Waals surface area (Å²) in [7, 11) is 0. The molecule has 7 heteroatoms. The average molecular weight is 339 g/mol. The number of nitro benzene ring substituents is 1. The van der Waals surface area contributed by atoms with E-state index < -0.39 is 4.92 Å². The Kier molecular flexibility index (Phi) is 4.35. The van der Waals surface area contributed by atoms with E-state index >= 15 is 0 Å². The number of aromatic nitrogens is 1. The normalized spacial score (nSPS) is 11.0. The van der Waals surface area contributed by atoms with Gasteiger partial charge in [0.05, 0.1) is 20.8 Å². The van der Waals surface area contributed by atoms with Crippen LogP contribution in [0.4, 0.5) is 11.4 Å². The Morgan fingerprint density at radius 2 is 2.08 bits per heavy atom. The number of benzene rings is 2. The monoisotopic (exact) mass is 339 g/mol. The third-order valence-electron chi connectivity index (χ3n) is 3.38. The summed E-state index contributed by atoms with van der Waals surface area (Å²) in [5.74, 6) is -0.363. The van der Waals surface area contributed by atoms with Crippen LogP contribution in [-0.2, 0) is 4.79 Å². The van der Waals surface area contributed by atoms with Crippen molar-refractivity contribution in [2.24, 2.45) is 0 Å². The fourth-order valence-electron chi connectivity index (χ4n) is 2.14. The van der Waals surface area contributed by atoms with E-state index in [1.165, 1.54) is 29.5 Å². The maximum Gasteiger partial charge on any atom is 0.271 e. The molecule has 0 aliphatic rings. The molecule has 1 heterocycles. The predicted molar refractivity (Wildman–Crippen MR) is 95.1 cm³/mol. The van der Waals surface area contributed by atoms with Gasteiger partial charge in [-0.3, -0.25) is 14.9 Å². The maximum absolute atomic E-state index is 12.0. The van der Waals surface area contributed by atoms with Crippen molar-refractivity contribution in [3.8, 4) is 0 Å². The van der Waals surface area contributed by atoms with E-state index in [2.05, 4.69) is 10.3 Å². The van der Waals surface area contributed by atoms with Crippen molar-refractivity contribution in [2.75, 3.05) is 5.32 Å². The summed E-state index contributed by atoms with van der Waals surface area (Å²) in [6.45, 7) is 1.77. The van der Waals surface area contributed by atoms with Gasteiger partial charge in [-0.15, -0.1) is 11.3 Å². The van der Waals surface area contributed by atoms with Gasteiger partial charge in [-0.05, 0) is 30.7 Å². The van der Waals surface area contributed by atoms with Gasteiger partial charge in [0.25, 0.3) is 5.69 Å². The first-order valence-corrected chi connectivity index (χ1v) is 7.94. The summed E-state index contributed by atoms with van der Waals surface area (Å²) in [4.78, 5) is 26.8. The minimum atomic E-state index is -0.494. The van der Waals surface area contributed by atoms with Crippen molar-refractivity contribution in [3.63, 3.8) is 0 Å². The quantitative estimate of drug-likeness (QED) is 0.439. The van der Waals surface area contributed by atoms with E-state index in [0.29, 0.717) is 5.69 Å². The molecule has 2 aromatic carbocycles. The summed E-state index contributed by atoms with van der Waals surface area (Å²) < 4.78 is 1.05. The van der Waals surface area contributed by atoms with Crippen molar-refractivity contribution in [1.82, 2.24) is 4.98 Å². The molecule has 1 aromatic heterocycles. The summed E-state index contributed by atoms with van der Waals surface area (Å²) >= 11 is 1.49. The van der Waals surface area contributed by atoms with Crippen LogP contribution < -0.4 is 5.32 Å². The fraction of sp³-hybridized carbons (Fsp3) is 0.0588. The van der Waals surface area contributed by atoms with Crippen LogP contribution in [-0.4, -0.2) is 15.8 Å². The molecule has 0 unspecified atom stereocenters. The molecule has 3 aromatic rings. The van der Waals surface area contributed by atoms with Crippen LogP contribution in [0.2, 0.25) is 0 Å². The number of para-hydroxylation sites is 1. The highest BCUT2D eigenvalue weighted by atomic mass is 32.1. The van der Waals surface area contributed by atoms with Gasteiger partial charge in [0.1, 0.15) is 5.01 Å². The molecule has 24 heavy (non-hydrogen) atoms. The first-order chi connectivity index (χ1) is 11.5. The third-order valence-corrected chi connectivity index (χ3v) is 4.38. The number of nitrogens with one attached hydrogen (secondary N) is 1. The lowest BCUT2D eigenvalue weighted by atomic mass is 10.2. The van der Waals surface area contributed by atoms with Gasteiger partial charge in [-0.1, -0.05) is 18.2 Å². The number of hydrogen-bond acceptors (Lipinski definition) is 5. The second kappa shape index (κ2) is 6.59. The van der Waals surface area contributed by atoms with Crippen LogP contribution >= 0.6 is 11.3 Å². The molecule has 6 nitrogen and oxygen atoms in total. The summed E-state index contributed by atoms with van der Waals surface area (Å²) in [6.07, 6.45) is 3.00. The van der Waals surface area contributed by atoms with E-state index in [4.69, 9.17) is 0 Å². The molecule has 0 aliphatic heterocycles. The highest BCUT2D eigenvalue weighted by Crippen LogP contribution is 2.23. The summed E-state index contributed by atoms with van der Waals surface area (Å²) in [5, 5.41) is 14.2. The number of nitrogens with zero attached hydrogens (tertiary/aromatic N) is 2. The highest BCUT2D eigenvalue weighted by Gasteiger charge is 2.10. The van der Waals surface area contributed by atoms with Gasteiger partial charge < -0.3 is 5.32 Å². The number of carbonyl (C=O) groups excluding carboxylic acids is 1. The van der Waals surface area contributed by atoms with Gasteiger partial charge >= 0.3 is 0 Å². The smallest absolute Gasteiger partial charge is 0.271 e. The zero-order valence-corrected chi connectivity index (χ0v) is 13.5. The molecular weight excluding hydrogens is 326 g/mol. The molecule has 1 amide bonds.